The number of nitrogens with zero attached hydrogens (tertiary/aromatic N) is 4. The number of carboxylic acid groups (broad SMARTS) is 1. The first-order valence-electron chi connectivity index (χ1n) is 10.5. The predicted octanol–water partition coefficient (Wildman–Crippen LogP) is 2.61. The van der Waals surface area contributed by atoms with Gasteiger partial charge in [-0.15, -0.1) is 0 Å². The molecule has 1 N–H and O–H groups in total. The minimum atomic E-state index is -5.08. The SMILES string of the molecule is CCc1cnc(N2CCC3CN(CC4CC4)CCOC3C2)nc1.O=C(O)C(F)(F)F. The van der Waals surface area contributed by atoms with E-state index in [-0.39, 0.29) is 0 Å². The lowest BCUT2D eigenvalue weighted by molar-refractivity contribution is -0.192. The highest BCUT2D eigenvalue weighted by molar-refractivity contribution is 5.73. The molecule has 3 aliphatic rings. The fourth-order valence-electron chi connectivity index (χ4n) is 3.83. The van der Waals surface area contributed by atoms with Gasteiger partial charge in [-0.25, -0.2) is 14.8 Å². The zero-order valence-corrected chi connectivity index (χ0v) is 17.1. The van der Waals surface area contributed by atoms with Crippen LogP contribution >= 0.6 is 0 Å². The van der Waals surface area contributed by atoms with Crippen LogP contribution in [0.2, 0.25) is 0 Å². The molecule has 0 radical (unpaired) electrons. The standard InChI is InChI=1S/C18H28N4O.C2HF3O2/c1-2-14-9-19-18(20-10-14)22-6-5-16-12-21(11-15-3-4-15)7-8-23-17(16)13-22;3-2(4,5)1(6)7/h9-10,15-17H,2-8,11-13H2,1H3;(H,6,7). The number of piperidine rings is 1. The zero-order chi connectivity index (χ0) is 21.7. The van der Waals surface area contributed by atoms with E-state index in [4.69, 9.17) is 14.6 Å². The average molecular weight is 430 g/mol. The van der Waals surface area contributed by atoms with E-state index in [9.17, 15) is 13.2 Å². The molecule has 2 saturated heterocycles. The summed E-state index contributed by atoms with van der Waals surface area (Å²) in [7, 11) is 0. The van der Waals surface area contributed by atoms with E-state index in [0.717, 1.165) is 44.5 Å². The Morgan fingerprint density at radius 1 is 1.20 bits per heavy atom. The number of rotatable bonds is 4. The predicted molar refractivity (Wildman–Crippen MR) is 104 cm³/mol. The zero-order valence-electron chi connectivity index (χ0n) is 17.1. The minimum absolute atomic E-state index is 0.336. The lowest BCUT2D eigenvalue weighted by atomic mass is 9.93. The molecule has 2 unspecified atom stereocenters. The summed E-state index contributed by atoms with van der Waals surface area (Å²) in [5.74, 6) is -0.254. The van der Waals surface area contributed by atoms with Gasteiger partial charge in [0.15, 0.2) is 0 Å². The lowest BCUT2D eigenvalue weighted by Gasteiger charge is -2.38. The van der Waals surface area contributed by atoms with Crippen molar-refractivity contribution in [3.8, 4) is 0 Å². The summed E-state index contributed by atoms with van der Waals surface area (Å²) in [4.78, 5) is 22.9. The normalized spacial score (nSPS) is 25.0. The molecule has 7 nitrogen and oxygen atoms in total. The Balaban J connectivity index is 0.000000318. The Morgan fingerprint density at radius 2 is 1.87 bits per heavy atom. The average Bonchev–Trinajstić information content (AvgIpc) is 3.54. The molecule has 3 heterocycles. The number of carbonyl (C=O) groups is 1. The summed E-state index contributed by atoms with van der Waals surface area (Å²) in [6, 6.07) is 0. The molecule has 3 fully saturated rings. The van der Waals surface area contributed by atoms with Gasteiger partial charge in [-0.3, -0.25) is 0 Å². The molecular weight excluding hydrogens is 401 g/mol. The summed E-state index contributed by atoms with van der Waals surface area (Å²) in [6.45, 7) is 8.60. The fourth-order valence-corrected chi connectivity index (χ4v) is 3.83. The van der Waals surface area contributed by atoms with Gasteiger partial charge in [-0.05, 0) is 37.2 Å². The molecule has 1 aromatic heterocycles. The number of halogens is 3. The van der Waals surface area contributed by atoms with E-state index < -0.39 is 12.1 Å². The number of hydrogen-bond donors (Lipinski definition) is 1. The smallest absolute Gasteiger partial charge is 0.475 e. The molecular formula is C20H29F3N4O3. The van der Waals surface area contributed by atoms with E-state index in [2.05, 4.69) is 26.7 Å². The second-order valence-corrected chi connectivity index (χ2v) is 8.15. The molecule has 168 valence electrons. The number of aromatic nitrogens is 2. The van der Waals surface area contributed by atoms with Crippen LogP contribution in [-0.4, -0.2) is 77.6 Å². The van der Waals surface area contributed by atoms with Crippen molar-refractivity contribution in [1.29, 1.82) is 0 Å². The molecule has 2 aliphatic heterocycles. The Kier molecular flexibility index (Phi) is 7.51. The van der Waals surface area contributed by atoms with Gasteiger partial charge in [-0.1, -0.05) is 6.92 Å². The highest BCUT2D eigenvalue weighted by atomic mass is 19.4. The van der Waals surface area contributed by atoms with Gasteiger partial charge in [-0.2, -0.15) is 13.2 Å². The lowest BCUT2D eigenvalue weighted by Crippen LogP contribution is -2.47. The van der Waals surface area contributed by atoms with Gasteiger partial charge in [0, 0.05) is 51.0 Å². The molecule has 1 aliphatic carbocycles. The third-order valence-electron chi connectivity index (χ3n) is 5.77. The van der Waals surface area contributed by atoms with Crippen LogP contribution in [0, 0.1) is 11.8 Å². The first-order chi connectivity index (χ1) is 14.3. The Bertz CT molecular complexity index is 698. The molecule has 30 heavy (non-hydrogen) atoms. The number of alkyl halides is 3. The second-order valence-electron chi connectivity index (χ2n) is 8.15. The van der Waals surface area contributed by atoms with Crippen LogP contribution in [0.15, 0.2) is 12.4 Å². The Morgan fingerprint density at radius 3 is 2.43 bits per heavy atom. The van der Waals surface area contributed by atoms with E-state index in [1.807, 2.05) is 12.4 Å². The molecule has 4 rings (SSSR count). The maximum absolute atomic E-state index is 10.6. The molecule has 10 heteroatoms. The summed E-state index contributed by atoms with van der Waals surface area (Å²) < 4.78 is 37.9. The topological polar surface area (TPSA) is 78.8 Å². The first kappa shape index (κ1) is 22.7. The van der Waals surface area contributed by atoms with Crippen molar-refractivity contribution in [3.63, 3.8) is 0 Å². The number of anilines is 1. The molecule has 0 aromatic carbocycles. The van der Waals surface area contributed by atoms with E-state index in [1.54, 1.807) is 0 Å². The van der Waals surface area contributed by atoms with Crippen LogP contribution in [0.5, 0.6) is 0 Å². The van der Waals surface area contributed by atoms with Crippen molar-refractivity contribution in [2.45, 2.75) is 44.9 Å². The highest BCUT2D eigenvalue weighted by Crippen LogP contribution is 2.32. The van der Waals surface area contributed by atoms with Crippen molar-refractivity contribution in [1.82, 2.24) is 14.9 Å². The van der Waals surface area contributed by atoms with Crippen LogP contribution in [0.4, 0.5) is 19.1 Å². The number of ether oxygens (including phenoxy) is 1. The van der Waals surface area contributed by atoms with Crippen molar-refractivity contribution in [2.24, 2.45) is 11.8 Å². The van der Waals surface area contributed by atoms with Gasteiger partial charge < -0.3 is 19.6 Å². The summed E-state index contributed by atoms with van der Waals surface area (Å²) >= 11 is 0. The van der Waals surface area contributed by atoms with Crippen molar-refractivity contribution < 1.29 is 27.8 Å². The van der Waals surface area contributed by atoms with Gasteiger partial charge in [0.05, 0.1) is 12.7 Å². The van der Waals surface area contributed by atoms with E-state index in [0.29, 0.717) is 12.0 Å². The Labute approximate surface area is 174 Å². The van der Waals surface area contributed by atoms with Gasteiger partial charge in [0.2, 0.25) is 5.95 Å². The molecule has 0 spiro atoms. The van der Waals surface area contributed by atoms with Crippen LogP contribution < -0.4 is 4.90 Å². The van der Waals surface area contributed by atoms with E-state index >= 15 is 0 Å². The third-order valence-corrected chi connectivity index (χ3v) is 5.77. The molecule has 0 bridgehead atoms. The highest BCUT2D eigenvalue weighted by Gasteiger charge is 2.38. The number of aliphatic carboxylic acids is 1. The quantitative estimate of drug-likeness (QED) is 0.787. The minimum Gasteiger partial charge on any atom is -0.475 e. The maximum atomic E-state index is 10.6. The molecule has 0 amide bonds. The van der Waals surface area contributed by atoms with Gasteiger partial charge in [0.25, 0.3) is 0 Å². The molecule has 1 saturated carbocycles. The van der Waals surface area contributed by atoms with Crippen LogP contribution in [0.25, 0.3) is 0 Å². The number of aryl methyl sites for hydroxylation is 1. The monoisotopic (exact) mass is 430 g/mol. The van der Waals surface area contributed by atoms with Crippen molar-refractivity contribution in [3.05, 3.63) is 18.0 Å². The maximum Gasteiger partial charge on any atom is 0.490 e. The van der Waals surface area contributed by atoms with Crippen molar-refractivity contribution in [2.75, 3.05) is 44.2 Å². The van der Waals surface area contributed by atoms with Crippen LogP contribution in [-0.2, 0) is 16.0 Å². The first-order valence-corrected chi connectivity index (χ1v) is 10.5. The summed E-state index contributed by atoms with van der Waals surface area (Å²) in [5.41, 5.74) is 1.20. The summed E-state index contributed by atoms with van der Waals surface area (Å²) in [6.07, 6.45) is 4.21. The van der Waals surface area contributed by atoms with Crippen molar-refractivity contribution >= 4 is 11.9 Å². The van der Waals surface area contributed by atoms with Crippen LogP contribution in [0.3, 0.4) is 0 Å². The molecule has 2 atom stereocenters. The number of fused-ring (bicyclic) bond motifs is 1. The summed E-state index contributed by atoms with van der Waals surface area (Å²) in [5, 5.41) is 7.12. The molecule has 1 aromatic rings. The fraction of sp³-hybridized carbons (Fsp3) is 0.750. The second kappa shape index (κ2) is 9.91. The van der Waals surface area contributed by atoms with E-state index in [1.165, 1.54) is 37.9 Å². The van der Waals surface area contributed by atoms with Crippen LogP contribution in [0.1, 0.15) is 31.7 Å². The third kappa shape index (κ3) is 6.53. The Hall–Kier alpha value is -1.94. The number of hydrogen-bond acceptors (Lipinski definition) is 6. The largest absolute Gasteiger partial charge is 0.490 e. The number of carboxylic acids is 1. The van der Waals surface area contributed by atoms with Gasteiger partial charge >= 0.3 is 12.1 Å². The van der Waals surface area contributed by atoms with Gasteiger partial charge in [0.1, 0.15) is 0 Å².